The number of urea groups is 1. The van der Waals surface area contributed by atoms with Crippen LogP contribution in [0.2, 0.25) is 0 Å². The Bertz CT molecular complexity index is 425. The molecule has 1 aromatic carbocycles. The maximum Gasteiger partial charge on any atom is 0.317 e. The number of carbonyl (C=O) groups is 1. The molecule has 1 heterocycles. The molecule has 0 aromatic heterocycles. The molecule has 2 N–H and O–H groups in total. The summed E-state index contributed by atoms with van der Waals surface area (Å²) in [5, 5.41) is 11.8. The summed E-state index contributed by atoms with van der Waals surface area (Å²) in [7, 11) is 1.69. The summed E-state index contributed by atoms with van der Waals surface area (Å²) >= 11 is 1.83. The minimum Gasteiger partial charge on any atom is -0.395 e. The Kier molecular flexibility index (Phi) is 4.49. The second-order valence-electron chi connectivity index (χ2n) is 4.32. The van der Waals surface area contributed by atoms with Gasteiger partial charge in [-0.05, 0) is 18.1 Å². The Morgan fingerprint density at radius 1 is 1.56 bits per heavy atom. The van der Waals surface area contributed by atoms with Gasteiger partial charge in [0.2, 0.25) is 0 Å². The Hall–Kier alpha value is -1.20. The van der Waals surface area contributed by atoms with Gasteiger partial charge in [0, 0.05) is 24.2 Å². The lowest BCUT2D eigenvalue weighted by Crippen LogP contribution is -2.41. The van der Waals surface area contributed by atoms with Crippen molar-refractivity contribution in [2.75, 3.05) is 26.0 Å². The monoisotopic (exact) mass is 266 g/mol. The number of hydrogen-bond acceptors (Lipinski definition) is 3. The number of amides is 2. The highest BCUT2D eigenvalue weighted by Crippen LogP contribution is 2.35. The Balaban J connectivity index is 2.05. The number of hydrogen-bond donors (Lipinski definition) is 2. The standard InChI is InChI=1S/C13H18N2O2S/c1-15(7-8-16)13(17)14-11-6-9-18-12-5-3-2-4-10(11)12/h2-5,11,16H,6-9H2,1H3,(H,14,17). The van der Waals surface area contributed by atoms with Crippen LogP contribution in [0, 0.1) is 0 Å². The van der Waals surface area contributed by atoms with Gasteiger partial charge in [0.25, 0.3) is 0 Å². The average Bonchev–Trinajstić information content (AvgIpc) is 2.39. The third kappa shape index (κ3) is 2.97. The summed E-state index contributed by atoms with van der Waals surface area (Å²) in [5.74, 6) is 1.02. The number of thioether (sulfide) groups is 1. The Morgan fingerprint density at radius 3 is 3.11 bits per heavy atom. The van der Waals surface area contributed by atoms with E-state index < -0.39 is 0 Å². The zero-order chi connectivity index (χ0) is 13.0. The second-order valence-corrected chi connectivity index (χ2v) is 5.46. The Labute approximate surface area is 111 Å². The molecule has 5 heteroatoms. The van der Waals surface area contributed by atoms with Gasteiger partial charge in [-0.15, -0.1) is 11.8 Å². The van der Waals surface area contributed by atoms with Crippen molar-refractivity contribution in [2.45, 2.75) is 17.4 Å². The minimum absolute atomic E-state index is 0.0129. The third-order valence-corrected chi connectivity index (χ3v) is 4.16. The number of nitrogens with one attached hydrogen (secondary N) is 1. The summed E-state index contributed by atoms with van der Waals surface area (Å²) in [6.45, 7) is 0.343. The van der Waals surface area contributed by atoms with Crippen molar-refractivity contribution < 1.29 is 9.90 Å². The number of aliphatic hydroxyl groups excluding tert-OH is 1. The molecule has 0 spiro atoms. The maximum absolute atomic E-state index is 11.9. The molecule has 1 aromatic rings. The molecule has 1 aliphatic rings. The molecule has 0 bridgehead atoms. The first-order valence-corrected chi connectivity index (χ1v) is 7.05. The highest BCUT2D eigenvalue weighted by Gasteiger charge is 2.22. The molecule has 2 amide bonds. The quantitative estimate of drug-likeness (QED) is 0.878. The van der Waals surface area contributed by atoms with E-state index in [1.165, 1.54) is 15.4 Å². The van der Waals surface area contributed by atoms with Gasteiger partial charge in [-0.2, -0.15) is 0 Å². The molecular weight excluding hydrogens is 248 g/mol. The lowest BCUT2D eigenvalue weighted by atomic mass is 10.0. The van der Waals surface area contributed by atoms with Gasteiger partial charge in [-0.25, -0.2) is 4.79 Å². The molecule has 18 heavy (non-hydrogen) atoms. The average molecular weight is 266 g/mol. The fourth-order valence-corrected chi connectivity index (χ4v) is 3.13. The van der Waals surface area contributed by atoms with Crippen LogP contribution in [0.15, 0.2) is 29.2 Å². The summed E-state index contributed by atoms with van der Waals surface area (Å²) in [6, 6.07) is 8.13. The minimum atomic E-state index is -0.129. The lowest BCUT2D eigenvalue weighted by Gasteiger charge is -2.28. The van der Waals surface area contributed by atoms with E-state index in [4.69, 9.17) is 5.11 Å². The molecule has 98 valence electrons. The van der Waals surface area contributed by atoms with E-state index in [2.05, 4.69) is 17.4 Å². The maximum atomic E-state index is 11.9. The second kappa shape index (κ2) is 6.11. The molecule has 0 aliphatic carbocycles. The van der Waals surface area contributed by atoms with Crippen LogP contribution in [0.3, 0.4) is 0 Å². The van der Waals surface area contributed by atoms with Gasteiger partial charge >= 0.3 is 6.03 Å². The first-order chi connectivity index (χ1) is 8.72. The molecule has 1 aliphatic heterocycles. The topological polar surface area (TPSA) is 52.6 Å². The number of aliphatic hydroxyl groups is 1. The summed E-state index contributed by atoms with van der Waals surface area (Å²) in [5.41, 5.74) is 1.19. The number of carbonyl (C=O) groups excluding carboxylic acids is 1. The van der Waals surface area contributed by atoms with Gasteiger partial charge in [-0.3, -0.25) is 0 Å². The normalized spacial score (nSPS) is 18.0. The van der Waals surface area contributed by atoms with Crippen molar-refractivity contribution in [1.29, 1.82) is 0 Å². The van der Waals surface area contributed by atoms with Crippen LogP contribution in [-0.2, 0) is 0 Å². The smallest absolute Gasteiger partial charge is 0.317 e. The number of likely N-dealkylation sites (N-methyl/N-ethyl adjacent to an activating group) is 1. The van der Waals surface area contributed by atoms with Crippen molar-refractivity contribution in [3.63, 3.8) is 0 Å². The molecule has 0 saturated carbocycles. The van der Waals surface area contributed by atoms with Crippen LogP contribution in [0.25, 0.3) is 0 Å². The predicted molar refractivity (Wildman–Crippen MR) is 72.8 cm³/mol. The van der Waals surface area contributed by atoms with Crippen LogP contribution in [0.4, 0.5) is 4.79 Å². The zero-order valence-corrected chi connectivity index (χ0v) is 11.2. The molecule has 1 atom stereocenters. The molecule has 0 fully saturated rings. The van der Waals surface area contributed by atoms with E-state index in [9.17, 15) is 4.79 Å². The van der Waals surface area contributed by atoms with Gasteiger partial charge in [0.05, 0.1) is 12.6 Å². The largest absolute Gasteiger partial charge is 0.395 e. The van der Waals surface area contributed by atoms with Crippen LogP contribution in [0.5, 0.6) is 0 Å². The number of nitrogens with zero attached hydrogens (tertiary/aromatic N) is 1. The van der Waals surface area contributed by atoms with E-state index in [1.54, 1.807) is 7.05 Å². The van der Waals surface area contributed by atoms with E-state index in [1.807, 2.05) is 23.9 Å². The van der Waals surface area contributed by atoms with Crippen LogP contribution < -0.4 is 5.32 Å². The van der Waals surface area contributed by atoms with Crippen molar-refractivity contribution in [3.8, 4) is 0 Å². The van der Waals surface area contributed by atoms with E-state index in [0.29, 0.717) is 6.54 Å². The van der Waals surface area contributed by atoms with Crippen LogP contribution >= 0.6 is 11.8 Å². The van der Waals surface area contributed by atoms with Crippen molar-refractivity contribution in [3.05, 3.63) is 29.8 Å². The third-order valence-electron chi connectivity index (χ3n) is 3.04. The van der Waals surface area contributed by atoms with Crippen molar-refractivity contribution in [2.24, 2.45) is 0 Å². The summed E-state index contributed by atoms with van der Waals surface area (Å²) in [6.07, 6.45) is 0.945. The number of benzene rings is 1. The first-order valence-electron chi connectivity index (χ1n) is 6.06. The fraction of sp³-hybridized carbons (Fsp3) is 0.462. The summed E-state index contributed by atoms with van der Waals surface area (Å²) < 4.78 is 0. The first kappa shape index (κ1) is 13.2. The summed E-state index contributed by atoms with van der Waals surface area (Å²) in [4.78, 5) is 14.7. The SMILES string of the molecule is CN(CCO)C(=O)NC1CCSc2ccccc21. The predicted octanol–water partition coefficient (Wildman–Crippen LogP) is 1.86. The highest BCUT2D eigenvalue weighted by molar-refractivity contribution is 7.99. The molecular formula is C13H18N2O2S. The molecule has 0 saturated heterocycles. The van der Waals surface area contributed by atoms with E-state index in [0.717, 1.165) is 12.2 Å². The highest BCUT2D eigenvalue weighted by atomic mass is 32.2. The molecule has 1 unspecified atom stereocenters. The molecule has 0 radical (unpaired) electrons. The van der Waals surface area contributed by atoms with Crippen molar-refractivity contribution >= 4 is 17.8 Å². The van der Waals surface area contributed by atoms with Gasteiger partial charge in [0.15, 0.2) is 0 Å². The van der Waals surface area contributed by atoms with Gasteiger partial charge in [0.1, 0.15) is 0 Å². The van der Waals surface area contributed by atoms with Crippen LogP contribution in [0.1, 0.15) is 18.0 Å². The zero-order valence-electron chi connectivity index (χ0n) is 10.4. The fourth-order valence-electron chi connectivity index (χ4n) is 2.00. The number of rotatable bonds is 3. The van der Waals surface area contributed by atoms with Gasteiger partial charge in [-0.1, -0.05) is 18.2 Å². The molecule has 4 nitrogen and oxygen atoms in total. The van der Waals surface area contributed by atoms with Crippen LogP contribution in [-0.4, -0.2) is 42.0 Å². The van der Waals surface area contributed by atoms with Gasteiger partial charge < -0.3 is 15.3 Å². The molecule has 2 rings (SSSR count). The Morgan fingerprint density at radius 2 is 2.33 bits per heavy atom. The van der Waals surface area contributed by atoms with Crippen molar-refractivity contribution in [1.82, 2.24) is 10.2 Å². The number of fused-ring (bicyclic) bond motifs is 1. The van der Waals surface area contributed by atoms with E-state index in [-0.39, 0.29) is 18.7 Å². The van der Waals surface area contributed by atoms with E-state index >= 15 is 0 Å². The lowest BCUT2D eigenvalue weighted by molar-refractivity contribution is 0.186.